The average Bonchev–Trinajstić information content (AvgIpc) is 2.73. The van der Waals surface area contributed by atoms with E-state index < -0.39 is 6.10 Å². The molecular weight excluding hydrogens is 388 g/mol. The second-order valence-corrected chi connectivity index (χ2v) is 8.01. The lowest BCUT2D eigenvalue weighted by atomic mass is 10.1. The average molecular weight is 417 g/mol. The van der Waals surface area contributed by atoms with E-state index in [1.165, 1.54) is 0 Å². The van der Waals surface area contributed by atoms with Crippen molar-refractivity contribution < 1.29 is 14.6 Å². The van der Waals surface area contributed by atoms with E-state index in [2.05, 4.69) is 9.80 Å². The van der Waals surface area contributed by atoms with Crippen LogP contribution in [0.1, 0.15) is 35.9 Å². The number of halogens is 1. The molecule has 1 saturated heterocycles. The third-order valence-corrected chi connectivity index (χ3v) is 5.61. The number of ketones is 1. The molecule has 2 atom stereocenters. The van der Waals surface area contributed by atoms with Crippen molar-refractivity contribution in [3.63, 3.8) is 0 Å². The molecule has 1 aliphatic rings. The van der Waals surface area contributed by atoms with Crippen molar-refractivity contribution in [1.29, 1.82) is 0 Å². The van der Waals surface area contributed by atoms with Crippen LogP contribution in [0.5, 0.6) is 0 Å². The first-order valence-electron chi connectivity index (χ1n) is 10.1. The highest BCUT2D eigenvalue weighted by atomic mass is 35.5. The van der Waals surface area contributed by atoms with Crippen LogP contribution in [0.2, 0.25) is 5.02 Å². The number of aliphatic hydroxyl groups excluding tert-OH is 1. The first-order valence-corrected chi connectivity index (χ1v) is 10.4. The summed E-state index contributed by atoms with van der Waals surface area (Å²) in [7, 11) is 0. The number of hydrogen-bond donors (Lipinski definition) is 1. The zero-order valence-electron chi connectivity index (χ0n) is 17.1. The Labute approximate surface area is 177 Å². The summed E-state index contributed by atoms with van der Waals surface area (Å²) >= 11 is 5.92. The number of ether oxygens (including phenoxy) is 1. The Bertz CT molecular complexity index is 787. The van der Waals surface area contributed by atoms with Crippen molar-refractivity contribution in [2.75, 3.05) is 44.2 Å². The number of Topliss-reactive ketones (excluding diaryl/α,β-unsaturated/α-hetero) is 1. The topological polar surface area (TPSA) is 53.0 Å². The van der Waals surface area contributed by atoms with E-state index in [-0.39, 0.29) is 11.9 Å². The standard InChI is InChI=1S/C23H29ClN2O3/c1-17(27)19-5-9-22(10-6-19)26-13-11-25(12-14-26)15-23(28)16-29-18(2)20-3-7-21(24)8-4-20/h3-10,18,23,28H,11-16H2,1-2H3/t18-,23-/m1/s1. The molecule has 0 aromatic heterocycles. The van der Waals surface area contributed by atoms with E-state index >= 15 is 0 Å². The fraction of sp³-hybridized carbons (Fsp3) is 0.435. The van der Waals surface area contributed by atoms with Gasteiger partial charge in [0.25, 0.3) is 0 Å². The van der Waals surface area contributed by atoms with Crippen LogP contribution in [0.15, 0.2) is 48.5 Å². The quantitative estimate of drug-likeness (QED) is 0.663. The van der Waals surface area contributed by atoms with Gasteiger partial charge in [-0.2, -0.15) is 0 Å². The molecule has 0 amide bonds. The maximum absolute atomic E-state index is 11.4. The van der Waals surface area contributed by atoms with Crippen LogP contribution in [0.25, 0.3) is 0 Å². The Morgan fingerprint density at radius 3 is 2.28 bits per heavy atom. The Balaban J connectivity index is 1.40. The van der Waals surface area contributed by atoms with Crippen molar-refractivity contribution in [3.05, 3.63) is 64.7 Å². The maximum atomic E-state index is 11.4. The van der Waals surface area contributed by atoms with Crippen molar-refractivity contribution in [3.8, 4) is 0 Å². The van der Waals surface area contributed by atoms with Crippen molar-refractivity contribution in [1.82, 2.24) is 4.90 Å². The Morgan fingerprint density at radius 2 is 1.69 bits per heavy atom. The highest BCUT2D eigenvalue weighted by Gasteiger charge is 2.20. The Morgan fingerprint density at radius 1 is 1.07 bits per heavy atom. The van der Waals surface area contributed by atoms with Crippen molar-refractivity contribution >= 4 is 23.1 Å². The smallest absolute Gasteiger partial charge is 0.159 e. The van der Waals surface area contributed by atoms with Crippen LogP contribution >= 0.6 is 11.6 Å². The SMILES string of the molecule is CC(=O)c1ccc(N2CCN(C[C@@H](O)CO[C@H](C)c3ccc(Cl)cc3)CC2)cc1. The van der Waals surface area contributed by atoms with Gasteiger partial charge in [-0.1, -0.05) is 23.7 Å². The highest BCUT2D eigenvalue weighted by Crippen LogP contribution is 2.20. The van der Waals surface area contributed by atoms with Gasteiger partial charge in [0.1, 0.15) is 0 Å². The Kier molecular flexibility index (Phi) is 7.67. The lowest BCUT2D eigenvalue weighted by Gasteiger charge is -2.37. The predicted molar refractivity (Wildman–Crippen MR) is 117 cm³/mol. The van der Waals surface area contributed by atoms with E-state index in [9.17, 15) is 9.90 Å². The van der Waals surface area contributed by atoms with Crippen LogP contribution in [0.3, 0.4) is 0 Å². The summed E-state index contributed by atoms with van der Waals surface area (Å²) < 4.78 is 5.83. The number of benzene rings is 2. The minimum absolute atomic E-state index is 0.0861. The summed E-state index contributed by atoms with van der Waals surface area (Å²) in [6, 6.07) is 15.4. The van der Waals surface area contributed by atoms with Gasteiger partial charge in [-0.15, -0.1) is 0 Å². The van der Waals surface area contributed by atoms with Gasteiger partial charge in [0.2, 0.25) is 0 Å². The molecule has 0 saturated carbocycles. The van der Waals surface area contributed by atoms with Gasteiger partial charge in [-0.05, 0) is 55.8 Å². The number of anilines is 1. The first kappa shape index (κ1) is 21.8. The lowest BCUT2D eigenvalue weighted by molar-refractivity contribution is -0.0162. The minimum Gasteiger partial charge on any atom is -0.389 e. The normalized spacial score (nSPS) is 17.2. The molecule has 1 aliphatic heterocycles. The van der Waals surface area contributed by atoms with Gasteiger partial charge >= 0.3 is 0 Å². The van der Waals surface area contributed by atoms with E-state index in [1.54, 1.807) is 6.92 Å². The van der Waals surface area contributed by atoms with Crippen molar-refractivity contribution in [2.24, 2.45) is 0 Å². The summed E-state index contributed by atoms with van der Waals surface area (Å²) in [6.45, 7) is 8.03. The zero-order chi connectivity index (χ0) is 20.8. The molecule has 1 heterocycles. The molecule has 5 nitrogen and oxygen atoms in total. The van der Waals surface area contributed by atoms with Gasteiger partial charge < -0.3 is 14.7 Å². The largest absolute Gasteiger partial charge is 0.389 e. The molecule has 1 N–H and O–H groups in total. The lowest BCUT2D eigenvalue weighted by Crippen LogP contribution is -2.49. The molecule has 6 heteroatoms. The molecule has 3 rings (SSSR count). The highest BCUT2D eigenvalue weighted by molar-refractivity contribution is 6.30. The van der Waals surface area contributed by atoms with Gasteiger partial charge in [0.05, 0.1) is 18.8 Å². The van der Waals surface area contributed by atoms with E-state index in [1.807, 2.05) is 55.5 Å². The molecule has 0 unspecified atom stereocenters. The van der Waals surface area contributed by atoms with Crippen molar-refractivity contribution in [2.45, 2.75) is 26.1 Å². The summed E-state index contributed by atoms with van der Waals surface area (Å²) in [6.07, 6.45) is -0.608. The van der Waals surface area contributed by atoms with E-state index in [0.717, 1.165) is 43.0 Å². The number of nitrogens with zero attached hydrogens (tertiary/aromatic N) is 2. The van der Waals surface area contributed by atoms with Gasteiger partial charge in [-0.3, -0.25) is 9.69 Å². The monoisotopic (exact) mass is 416 g/mol. The number of carbonyl (C=O) groups is 1. The maximum Gasteiger partial charge on any atom is 0.159 e. The van der Waals surface area contributed by atoms with Gasteiger partial charge in [0.15, 0.2) is 5.78 Å². The number of piperazine rings is 1. The number of β-amino-alcohol motifs (C(OH)–C–C–N with tert-alkyl or cyclic N) is 1. The second kappa shape index (κ2) is 10.2. The molecule has 0 aliphatic carbocycles. The predicted octanol–water partition coefficient (Wildman–Crippen LogP) is 3.80. The van der Waals surface area contributed by atoms with Crippen LogP contribution in [-0.2, 0) is 4.74 Å². The van der Waals surface area contributed by atoms with Gasteiger partial charge in [-0.25, -0.2) is 0 Å². The van der Waals surface area contributed by atoms with Crippen LogP contribution in [-0.4, -0.2) is 61.2 Å². The van der Waals surface area contributed by atoms with Crippen LogP contribution < -0.4 is 4.90 Å². The number of aliphatic hydroxyl groups is 1. The zero-order valence-corrected chi connectivity index (χ0v) is 17.8. The third kappa shape index (κ3) is 6.28. The molecule has 1 fully saturated rings. The molecule has 2 aromatic rings. The summed E-state index contributed by atoms with van der Waals surface area (Å²) in [5.74, 6) is 0.0861. The molecular formula is C23H29ClN2O3. The van der Waals surface area contributed by atoms with E-state index in [0.29, 0.717) is 18.2 Å². The summed E-state index contributed by atoms with van der Waals surface area (Å²) in [5, 5.41) is 11.1. The fourth-order valence-electron chi connectivity index (χ4n) is 3.53. The molecule has 0 bridgehead atoms. The summed E-state index contributed by atoms with van der Waals surface area (Å²) in [4.78, 5) is 16.0. The minimum atomic E-state index is -0.522. The molecule has 2 aromatic carbocycles. The fourth-order valence-corrected chi connectivity index (χ4v) is 3.66. The van der Waals surface area contributed by atoms with Crippen LogP contribution in [0, 0.1) is 0 Å². The number of carbonyl (C=O) groups excluding carboxylic acids is 1. The Hall–Kier alpha value is -1.92. The molecule has 0 radical (unpaired) electrons. The third-order valence-electron chi connectivity index (χ3n) is 5.36. The molecule has 0 spiro atoms. The first-order chi connectivity index (χ1) is 13.9. The summed E-state index contributed by atoms with van der Waals surface area (Å²) in [5.41, 5.74) is 2.92. The van der Waals surface area contributed by atoms with Crippen LogP contribution in [0.4, 0.5) is 5.69 Å². The number of hydrogen-bond acceptors (Lipinski definition) is 5. The van der Waals surface area contributed by atoms with E-state index in [4.69, 9.17) is 16.3 Å². The van der Waals surface area contributed by atoms with Gasteiger partial charge in [0, 0.05) is 49.0 Å². The molecule has 29 heavy (non-hydrogen) atoms. The number of rotatable bonds is 8. The molecule has 156 valence electrons. The second-order valence-electron chi connectivity index (χ2n) is 7.57.